The lowest BCUT2D eigenvalue weighted by molar-refractivity contribution is -0.116. The van der Waals surface area contributed by atoms with E-state index in [4.69, 9.17) is 0 Å². The third-order valence-corrected chi connectivity index (χ3v) is 5.32. The molecule has 4 rings (SSSR count). The molecule has 0 spiro atoms. The zero-order chi connectivity index (χ0) is 23.4. The summed E-state index contributed by atoms with van der Waals surface area (Å²) in [6.07, 6.45) is 0. The Morgan fingerprint density at radius 3 is 2.42 bits per heavy atom. The minimum atomic E-state index is -0.468. The SMILES string of the molecule is Cc1cc(F)ccc1NC(=O)Cn1c(=O)cc(C(=O)NCc2ccccc2)c2ccccc21. The molecule has 7 heteroatoms. The van der Waals surface area contributed by atoms with Crippen LogP contribution in [0.25, 0.3) is 10.9 Å². The van der Waals surface area contributed by atoms with E-state index >= 15 is 0 Å². The highest BCUT2D eigenvalue weighted by Gasteiger charge is 2.16. The number of para-hydroxylation sites is 1. The third-order valence-electron chi connectivity index (χ3n) is 5.32. The van der Waals surface area contributed by atoms with Crippen LogP contribution in [0.15, 0.2) is 83.7 Å². The summed E-state index contributed by atoms with van der Waals surface area (Å²) in [5.41, 5.74) is 2.24. The number of aromatic nitrogens is 1. The van der Waals surface area contributed by atoms with Crippen molar-refractivity contribution in [2.75, 3.05) is 5.32 Å². The molecule has 4 aromatic rings. The molecule has 0 atom stereocenters. The summed E-state index contributed by atoms with van der Waals surface area (Å²) in [5, 5.41) is 6.11. The topological polar surface area (TPSA) is 80.2 Å². The minimum absolute atomic E-state index is 0.248. The first-order valence-corrected chi connectivity index (χ1v) is 10.4. The molecule has 0 aliphatic heterocycles. The summed E-state index contributed by atoms with van der Waals surface area (Å²) in [5.74, 6) is -1.20. The van der Waals surface area contributed by atoms with Gasteiger partial charge in [0, 0.05) is 23.7 Å². The standard InChI is InChI=1S/C26H22FN3O3/c1-17-13-19(27)11-12-22(17)29-24(31)16-30-23-10-6-5-9-20(23)21(14-25(30)32)26(33)28-15-18-7-3-2-4-8-18/h2-14H,15-16H2,1H3,(H,28,33)(H,29,31). The maximum absolute atomic E-state index is 13.3. The van der Waals surface area contributed by atoms with Crippen LogP contribution in [-0.2, 0) is 17.9 Å². The molecule has 2 N–H and O–H groups in total. The lowest BCUT2D eigenvalue weighted by Gasteiger charge is -2.14. The molecule has 6 nitrogen and oxygen atoms in total. The second kappa shape index (κ2) is 9.48. The van der Waals surface area contributed by atoms with Gasteiger partial charge in [0.2, 0.25) is 5.91 Å². The molecule has 166 valence electrons. The van der Waals surface area contributed by atoms with Crippen molar-refractivity contribution in [1.82, 2.24) is 9.88 Å². The van der Waals surface area contributed by atoms with E-state index < -0.39 is 17.3 Å². The molecule has 0 aliphatic carbocycles. The van der Waals surface area contributed by atoms with E-state index in [0.29, 0.717) is 28.7 Å². The fourth-order valence-corrected chi connectivity index (χ4v) is 3.66. The number of carbonyl (C=O) groups excluding carboxylic acids is 2. The van der Waals surface area contributed by atoms with Crippen LogP contribution in [-0.4, -0.2) is 16.4 Å². The van der Waals surface area contributed by atoms with E-state index in [1.54, 1.807) is 31.2 Å². The number of fused-ring (bicyclic) bond motifs is 1. The third kappa shape index (κ3) is 4.98. The lowest BCUT2D eigenvalue weighted by atomic mass is 10.1. The predicted octanol–water partition coefficient (Wildman–Crippen LogP) is 4.02. The molecular formula is C26H22FN3O3. The van der Waals surface area contributed by atoms with Crippen LogP contribution in [0.3, 0.4) is 0 Å². The van der Waals surface area contributed by atoms with Crippen molar-refractivity contribution in [2.45, 2.75) is 20.0 Å². The van der Waals surface area contributed by atoms with Gasteiger partial charge in [-0.05, 0) is 42.3 Å². The predicted molar refractivity (Wildman–Crippen MR) is 126 cm³/mol. The van der Waals surface area contributed by atoms with Gasteiger partial charge in [0.15, 0.2) is 0 Å². The van der Waals surface area contributed by atoms with Crippen LogP contribution in [0.2, 0.25) is 0 Å². The fraction of sp³-hybridized carbons (Fsp3) is 0.115. The molecule has 1 aromatic heterocycles. The number of hydrogen-bond donors (Lipinski definition) is 2. The number of aryl methyl sites for hydroxylation is 1. The number of carbonyl (C=O) groups is 2. The molecular weight excluding hydrogens is 421 g/mol. The number of hydrogen-bond acceptors (Lipinski definition) is 3. The summed E-state index contributed by atoms with van der Waals surface area (Å²) in [6.45, 7) is 1.77. The highest BCUT2D eigenvalue weighted by atomic mass is 19.1. The zero-order valence-electron chi connectivity index (χ0n) is 18.0. The smallest absolute Gasteiger partial charge is 0.252 e. The van der Waals surface area contributed by atoms with Gasteiger partial charge in [-0.3, -0.25) is 19.0 Å². The Bertz CT molecular complexity index is 1400. The van der Waals surface area contributed by atoms with Gasteiger partial charge in [-0.1, -0.05) is 48.5 Å². The van der Waals surface area contributed by atoms with Crippen molar-refractivity contribution < 1.29 is 14.0 Å². The van der Waals surface area contributed by atoms with Crippen molar-refractivity contribution in [2.24, 2.45) is 0 Å². The molecule has 1 heterocycles. The molecule has 0 fully saturated rings. The highest BCUT2D eigenvalue weighted by molar-refractivity contribution is 6.06. The number of halogens is 1. The quantitative estimate of drug-likeness (QED) is 0.472. The zero-order valence-corrected chi connectivity index (χ0v) is 18.0. The maximum atomic E-state index is 13.3. The van der Waals surface area contributed by atoms with Crippen molar-refractivity contribution in [1.29, 1.82) is 0 Å². The van der Waals surface area contributed by atoms with E-state index in [1.807, 2.05) is 30.3 Å². The molecule has 0 radical (unpaired) electrons. The summed E-state index contributed by atoms with van der Waals surface area (Å²) in [6, 6.07) is 21.7. The Hall–Kier alpha value is -4.26. The van der Waals surface area contributed by atoms with Crippen LogP contribution in [0.1, 0.15) is 21.5 Å². The number of pyridine rings is 1. The Balaban J connectivity index is 1.60. The second-order valence-electron chi connectivity index (χ2n) is 7.68. The molecule has 0 unspecified atom stereocenters. The van der Waals surface area contributed by atoms with Gasteiger partial charge >= 0.3 is 0 Å². The van der Waals surface area contributed by atoms with Crippen molar-refractivity contribution in [3.05, 3.63) is 112 Å². The Kier molecular flexibility index (Phi) is 6.31. The van der Waals surface area contributed by atoms with Crippen molar-refractivity contribution in [3.63, 3.8) is 0 Å². The van der Waals surface area contributed by atoms with Gasteiger partial charge in [0.1, 0.15) is 12.4 Å². The molecule has 33 heavy (non-hydrogen) atoms. The lowest BCUT2D eigenvalue weighted by Crippen LogP contribution is -2.30. The van der Waals surface area contributed by atoms with E-state index in [9.17, 15) is 18.8 Å². The molecule has 2 amide bonds. The maximum Gasteiger partial charge on any atom is 0.252 e. The molecule has 0 saturated heterocycles. The first-order chi connectivity index (χ1) is 15.9. The largest absolute Gasteiger partial charge is 0.348 e. The number of amides is 2. The molecule has 0 bridgehead atoms. The number of rotatable bonds is 6. The number of nitrogens with one attached hydrogen (secondary N) is 2. The summed E-state index contributed by atoms with van der Waals surface area (Å²) in [7, 11) is 0. The van der Waals surface area contributed by atoms with Gasteiger partial charge in [-0.2, -0.15) is 0 Å². The molecule has 0 saturated carbocycles. The van der Waals surface area contributed by atoms with Crippen LogP contribution in [0.5, 0.6) is 0 Å². The van der Waals surface area contributed by atoms with Crippen molar-refractivity contribution >= 4 is 28.4 Å². The van der Waals surface area contributed by atoms with Gasteiger partial charge < -0.3 is 10.6 Å². The first kappa shape index (κ1) is 22.0. The van der Waals surface area contributed by atoms with Gasteiger partial charge in [-0.15, -0.1) is 0 Å². The number of benzene rings is 3. The number of anilines is 1. The first-order valence-electron chi connectivity index (χ1n) is 10.4. The van der Waals surface area contributed by atoms with Crippen LogP contribution in [0.4, 0.5) is 10.1 Å². The summed E-state index contributed by atoms with van der Waals surface area (Å²) < 4.78 is 14.6. The van der Waals surface area contributed by atoms with Crippen molar-refractivity contribution in [3.8, 4) is 0 Å². The normalized spacial score (nSPS) is 10.7. The van der Waals surface area contributed by atoms with E-state index in [-0.39, 0.29) is 18.0 Å². The second-order valence-corrected chi connectivity index (χ2v) is 7.68. The Labute approximate surface area is 189 Å². The number of nitrogens with zero attached hydrogens (tertiary/aromatic N) is 1. The molecule has 0 aliphatic rings. The Morgan fingerprint density at radius 1 is 0.939 bits per heavy atom. The van der Waals surface area contributed by atoms with Gasteiger partial charge in [0.25, 0.3) is 11.5 Å². The van der Waals surface area contributed by atoms with Crippen LogP contribution < -0.4 is 16.2 Å². The van der Waals surface area contributed by atoms with Crippen LogP contribution in [0, 0.1) is 12.7 Å². The van der Waals surface area contributed by atoms with E-state index in [1.165, 1.54) is 28.8 Å². The van der Waals surface area contributed by atoms with Gasteiger partial charge in [-0.25, -0.2) is 4.39 Å². The average Bonchev–Trinajstić information content (AvgIpc) is 2.81. The average molecular weight is 443 g/mol. The minimum Gasteiger partial charge on any atom is -0.348 e. The summed E-state index contributed by atoms with van der Waals surface area (Å²) in [4.78, 5) is 38.4. The molecule has 3 aromatic carbocycles. The van der Waals surface area contributed by atoms with Gasteiger partial charge in [0.05, 0.1) is 11.1 Å². The van der Waals surface area contributed by atoms with E-state index in [2.05, 4.69) is 10.6 Å². The monoisotopic (exact) mass is 443 g/mol. The van der Waals surface area contributed by atoms with E-state index in [0.717, 1.165) is 5.56 Å². The Morgan fingerprint density at radius 2 is 1.67 bits per heavy atom. The highest BCUT2D eigenvalue weighted by Crippen LogP contribution is 2.19. The van der Waals surface area contributed by atoms with Crippen LogP contribution >= 0.6 is 0 Å². The summed E-state index contributed by atoms with van der Waals surface area (Å²) >= 11 is 0. The fourth-order valence-electron chi connectivity index (χ4n) is 3.66.